The smallest absolute Gasteiger partial charge is 0.255 e. The lowest BCUT2D eigenvalue weighted by molar-refractivity contribution is 0.0599. The average molecular weight is 343 g/mol. The molecule has 1 aromatic rings. The number of nitrogen functional groups attached to an aromatic ring is 1. The van der Waals surface area contributed by atoms with Crippen LogP contribution in [0.2, 0.25) is 0 Å². The Balaban J connectivity index is 2.27. The molecule has 5 heteroatoms. The van der Waals surface area contributed by atoms with Crippen molar-refractivity contribution in [3.63, 3.8) is 0 Å². The van der Waals surface area contributed by atoms with Crippen molar-refractivity contribution in [3.05, 3.63) is 28.0 Å². The van der Waals surface area contributed by atoms with E-state index in [-0.39, 0.29) is 11.6 Å². The lowest BCUT2D eigenvalue weighted by Gasteiger charge is -2.36. The van der Waals surface area contributed by atoms with Crippen molar-refractivity contribution in [2.45, 2.75) is 45.1 Å². The van der Waals surface area contributed by atoms with Crippen molar-refractivity contribution < 1.29 is 9.18 Å². The number of amides is 1. The fraction of sp³-hybridized carbons (Fsp3) is 0.533. The third-order valence-electron chi connectivity index (χ3n) is 3.83. The van der Waals surface area contributed by atoms with E-state index in [0.717, 1.165) is 32.2 Å². The molecule has 1 amide bonds. The summed E-state index contributed by atoms with van der Waals surface area (Å²) in [6.45, 7) is 2.90. The highest BCUT2D eigenvalue weighted by molar-refractivity contribution is 9.10. The van der Waals surface area contributed by atoms with Crippen LogP contribution in [0.5, 0.6) is 0 Å². The number of carbonyl (C=O) groups is 1. The van der Waals surface area contributed by atoms with Gasteiger partial charge in [0.1, 0.15) is 5.82 Å². The van der Waals surface area contributed by atoms with Gasteiger partial charge in [0.2, 0.25) is 0 Å². The molecular weight excluding hydrogens is 323 g/mol. The molecule has 0 radical (unpaired) electrons. The Bertz CT molecular complexity index is 505. The van der Waals surface area contributed by atoms with Crippen LogP contribution in [0.15, 0.2) is 16.6 Å². The number of benzene rings is 1. The van der Waals surface area contributed by atoms with Crippen LogP contribution in [0.1, 0.15) is 49.4 Å². The van der Waals surface area contributed by atoms with E-state index in [0.29, 0.717) is 16.1 Å². The maximum Gasteiger partial charge on any atom is 0.255 e. The number of likely N-dealkylation sites (tertiary alicyclic amines) is 1. The van der Waals surface area contributed by atoms with E-state index in [4.69, 9.17) is 5.73 Å². The molecule has 0 aromatic heterocycles. The van der Waals surface area contributed by atoms with Crippen molar-refractivity contribution in [3.8, 4) is 0 Å². The number of anilines is 1. The SMILES string of the molecule is CCCC1CCCCN1C(=O)c1cc(N)c(F)cc1Br. The number of nitrogens with zero attached hydrogens (tertiary/aromatic N) is 1. The monoisotopic (exact) mass is 342 g/mol. The minimum Gasteiger partial charge on any atom is -0.396 e. The summed E-state index contributed by atoms with van der Waals surface area (Å²) in [6, 6.07) is 2.99. The number of piperidine rings is 1. The third kappa shape index (κ3) is 3.14. The predicted molar refractivity (Wildman–Crippen MR) is 82.1 cm³/mol. The van der Waals surface area contributed by atoms with Gasteiger partial charge in [0.25, 0.3) is 5.91 Å². The van der Waals surface area contributed by atoms with Crippen LogP contribution >= 0.6 is 15.9 Å². The summed E-state index contributed by atoms with van der Waals surface area (Å²) in [5, 5.41) is 0. The van der Waals surface area contributed by atoms with E-state index in [2.05, 4.69) is 22.9 Å². The minimum atomic E-state index is -0.503. The molecule has 1 aliphatic heterocycles. The summed E-state index contributed by atoms with van der Waals surface area (Å²) in [7, 11) is 0. The van der Waals surface area contributed by atoms with Crippen molar-refractivity contribution in [1.29, 1.82) is 0 Å². The molecule has 2 N–H and O–H groups in total. The Labute approximate surface area is 127 Å². The molecule has 2 rings (SSSR count). The first-order valence-corrected chi connectivity index (χ1v) is 7.89. The maximum absolute atomic E-state index is 13.4. The molecule has 1 heterocycles. The van der Waals surface area contributed by atoms with Crippen LogP contribution in [-0.4, -0.2) is 23.4 Å². The van der Waals surface area contributed by atoms with Crippen molar-refractivity contribution in [1.82, 2.24) is 4.90 Å². The second kappa shape index (κ2) is 6.57. The van der Waals surface area contributed by atoms with Gasteiger partial charge in [-0.1, -0.05) is 13.3 Å². The van der Waals surface area contributed by atoms with Crippen LogP contribution < -0.4 is 5.73 Å². The van der Waals surface area contributed by atoms with Crippen molar-refractivity contribution >= 4 is 27.5 Å². The first-order valence-electron chi connectivity index (χ1n) is 7.10. The van der Waals surface area contributed by atoms with Gasteiger partial charge in [-0.15, -0.1) is 0 Å². The Morgan fingerprint density at radius 1 is 1.50 bits per heavy atom. The molecule has 0 spiro atoms. The lowest BCUT2D eigenvalue weighted by atomic mass is 9.97. The van der Waals surface area contributed by atoms with Gasteiger partial charge in [-0.3, -0.25) is 4.79 Å². The molecule has 0 aliphatic carbocycles. The summed E-state index contributed by atoms with van der Waals surface area (Å²) in [4.78, 5) is 14.6. The van der Waals surface area contributed by atoms with E-state index in [1.165, 1.54) is 18.6 Å². The van der Waals surface area contributed by atoms with Crippen molar-refractivity contribution in [2.75, 3.05) is 12.3 Å². The molecule has 1 aromatic carbocycles. The Morgan fingerprint density at radius 2 is 2.25 bits per heavy atom. The van der Waals surface area contributed by atoms with Gasteiger partial charge in [-0.25, -0.2) is 4.39 Å². The van der Waals surface area contributed by atoms with E-state index < -0.39 is 5.82 Å². The number of carbonyl (C=O) groups excluding carboxylic acids is 1. The highest BCUT2D eigenvalue weighted by Gasteiger charge is 2.28. The summed E-state index contributed by atoms with van der Waals surface area (Å²) in [5.41, 5.74) is 6.05. The van der Waals surface area contributed by atoms with Crippen molar-refractivity contribution in [2.24, 2.45) is 0 Å². The standard InChI is InChI=1S/C15H20BrFN2O/c1-2-5-10-6-3-4-7-19(10)15(20)11-8-14(18)13(17)9-12(11)16/h8-10H,2-7,18H2,1H3. The molecule has 110 valence electrons. The number of hydrogen-bond donors (Lipinski definition) is 1. The molecule has 1 unspecified atom stereocenters. The zero-order valence-electron chi connectivity index (χ0n) is 11.7. The zero-order valence-corrected chi connectivity index (χ0v) is 13.2. The van der Waals surface area contributed by atoms with E-state index in [9.17, 15) is 9.18 Å². The fourth-order valence-electron chi connectivity index (χ4n) is 2.79. The number of rotatable bonds is 3. The Hall–Kier alpha value is -1.10. The molecule has 1 atom stereocenters. The molecule has 3 nitrogen and oxygen atoms in total. The summed E-state index contributed by atoms with van der Waals surface area (Å²) in [6.07, 6.45) is 5.32. The summed E-state index contributed by atoms with van der Waals surface area (Å²) < 4.78 is 13.9. The molecule has 0 bridgehead atoms. The maximum atomic E-state index is 13.4. The summed E-state index contributed by atoms with van der Waals surface area (Å²) >= 11 is 3.26. The van der Waals surface area contributed by atoms with E-state index in [1.807, 2.05) is 4.90 Å². The number of hydrogen-bond acceptors (Lipinski definition) is 2. The van der Waals surface area contributed by atoms with Crippen LogP contribution in [0.4, 0.5) is 10.1 Å². The first-order chi connectivity index (χ1) is 9.54. The molecule has 0 saturated carbocycles. The first kappa shape index (κ1) is 15.3. The number of halogens is 2. The molecule has 1 saturated heterocycles. The van der Waals surface area contributed by atoms with Gasteiger partial charge in [-0.05, 0) is 53.7 Å². The van der Waals surface area contributed by atoms with Crippen LogP contribution in [0.3, 0.4) is 0 Å². The largest absolute Gasteiger partial charge is 0.396 e. The summed E-state index contributed by atoms with van der Waals surface area (Å²) in [5.74, 6) is -0.557. The molecule has 1 fully saturated rings. The quantitative estimate of drug-likeness (QED) is 0.845. The van der Waals surface area contributed by atoms with Crippen LogP contribution in [-0.2, 0) is 0 Å². The van der Waals surface area contributed by atoms with Crippen LogP contribution in [0, 0.1) is 5.82 Å². The highest BCUT2D eigenvalue weighted by atomic mass is 79.9. The van der Waals surface area contributed by atoms with Gasteiger partial charge in [-0.2, -0.15) is 0 Å². The Kier molecular flexibility index (Phi) is 5.02. The normalized spacial score (nSPS) is 19.1. The van der Waals surface area contributed by atoms with Gasteiger partial charge in [0.15, 0.2) is 0 Å². The van der Waals surface area contributed by atoms with E-state index >= 15 is 0 Å². The second-order valence-corrected chi connectivity index (χ2v) is 6.14. The van der Waals surface area contributed by atoms with Gasteiger partial charge in [0.05, 0.1) is 11.3 Å². The molecule has 1 aliphatic rings. The average Bonchev–Trinajstić information content (AvgIpc) is 2.43. The minimum absolute atomic E-state index is 0.0144. The zero-order chi connectivity index (χ0) is 14.7. The van der Waals surface area contributed by atoms with E-state index in [1.54, 1.807) is 0 Å². The lowest BCUT2D eigenvalue weighted by Crippen LogP contribution is -2.43. The third-order valence-corrected chi connectivity index (χ3v) is 4.48. The predicted octanol–water partition coefficient (Wildman–Crippen LogP) is 3.97. The van der Waals surface area contributed by atoms with Gasteiger partial charge in [0, 0.05) is 17.1 Å². The molecular formula is C15H20BrFN2O. The second-order valence-electron chi connectivity index (χ2n) is 5.29. The van der Waals surface area contributed by atoms with Crippen LogP contribution in [0.25, 0.3) is 0 Å². The Morgan fingerprint density at radius 3 is 2.95 bits per heavy atom. The topological polar surface area (TPSA) is 46.3 Å². The molecule has 20 heavy (non-hydrogen) atoms. The van der Waals surface area contributed by atoms with Gasteiger partial charge < -0.3 is 10.6 Å². The fourth-order valence-corrected chi connectivity index (χ4v) is 3.27. The highest BCUT2D eigenvalue weighted by Crippen LogP contribution is 2.28. The van der Waals surface area contributed by atoms with Gasteiger partial charge >= 0.3 is 0 Å². The number of nitrogens with two attached hydrogens (primary N) is 1.